The maximum absolute atomic E-state index is 12.6. The summed E-state index contributed by atoms with van der Waals surface area (Å²) in [5.74, 6) is 1.46. The van der Waals surface area contributed by atoms with Crippen LogP contribution in [0.25, 0.3) is 0 Å². The quantitative estimate of drug-likeness (QED) is 0.125. The Morgan fingerprint density at radius 2 is 1.06 bits per heavy atom. The van der Waals surface area contributed by atoms with Gasteiger partial charge >= 0.3 is 29.8 Å². The standard InChI is InChI=1S/C19H32O2.C16H26O4.C13H20O4.C6H12O2/c1-6-17(2,3)16(20)21-18(4,5)19-10-13-7-14(11-19)9-15(8-13)12-19;1-4-13(2,3)12(17)20-16-7-11-5-14(18,9-16)8-15(19,6-11)10-16;1-4-13(2,3)12(15)17-10-8-6-5-7-9(8)16-11(10)14;1-4-6(2,3)5(7)8/h13-15H,6-12H2,1-5H3;11,18-19H,4-10H2,1-3H3;8-10H,4-7H2,1-3H3;4H2,1-3H3,(H,7,8). The van der Waals surface area contributed by atoms with Crippen molar-refractivity contribution in [2.45, 2.75) is 254 Å². The van der Waals surface area contributed by atoms with Gasteiger partial charge in [0.25, 0.3) is 0 Å². The molecule has 66 heavy (non-hydrogen) atoms. The first-order valence-corrected chi connectivity index (χ1v) is 25.8. The molecule has 5 unspecified atom stereocenters. The summed E-state index contributed by atoms with van der Waals surface area (Å²) < 4.78 is 22.6. The first kappa shape index (κ1) is 54.2. The zero-order valence-electron chi connectivity index (χ0n) is 43.5. The van der Waals surface area contributed by atoms with E-state index in [0.717, 1.165) is 69.1 Å². The van der Waals surface area contributed by atoms with Gasteiger partial charge in [0, 0.05) is 30.6 Å². The van der Waals surface area contributed by atoms with Gasteiger partial charge in [-0.1, -0.05) is 27.7 Å². The van der Waals surface area contributed by atoms with Crippen LogP contribution in [0.3, 0.4) is 0 Å². The number of hydrogen-bond acceptors (Lipinski definition) is 11. The van der Waals surface area contributed by atoms with Crippen molar-refractivity contribution in [1.29, 1.82) is 0 Å². The number of carbonyl (C=O) groups excluding carboxylic acids is 4. The number of hydrogen-bond donors (Lipinski definition) is 3. The summed E-state index contributed by atoms with van der Waals surface area (Å²) in [7, 11) is 0. The second-order valence-electron chi connectivity index (χ2n) is 25.8. The first-order chi connectivity index (χ1) is 30.2. The summed E-state index contributed by atoms with van der Waals surface area (Å²) in [5, 5.41) is 29.8. The summed E-state index contributed by atoms with van der Waals surface area (Å²) in [6.45, 7) is 27.1. The van der Waals surface area contributed by atoms with E-state index in [1.165, 1.54) is 38.5 Å². The average Bonchev–Trinajstić information content (AvgIpc) is 3.77. The van der Waals surface area contributed by atoms with Crippen molar-refractivity contribution in [3.63, 3.8) is 0 Å². The van der Waals surface area contributed by atoms with Crippen molar-refractivity contribution < 1.29 is 58.2 Å². The van der Waals surface area contributed by atoms with E-state index in [4.69, 9.17) is 24.1 Å². The molecule has 8 bridgehead atoms. The molecule has 10 rings (SSSR count). The van der Waals surface area contributed by atoms with Crippen LogP contribution in [0.15, 0.2) is 0 Å². The van der Waals surface area contributed by atoms with Gasteiger partial charge in [-0.3, -0.25) is 19.2 Å². The summed E-state index contributed by atoms with van der Waals surface area (Å²) in [6.07, 6.45) is 17.0. The van der Waals surface area contributed by atoms with Crippen molar-refractivity contribution in [2.24, 2.45) is 56.7 Å². The molecule has 0 aromatic rings. The Balaban J connectivity index is 0.000000172. The number of carbonyl (C=O) groups is 5. The van der Waals surface area contributed by atoms with Crippen LogP contribution in [-0.4, -0.2) is 79.8 Å². The fraction of sp³-hybridized carbons (Fsp3) is 0.907. The first-order valence-electron chi connectivity index (χ1n) is 25.8. The Morgan fingerprint density at radius 1 is 0.606 bits per heavy atom. The molecule has 1 heterocycles. The monoisotopic (exact) mass is 931 g/mol. The van der Waals surface area contributed by atoms with Crippen LogP contribution in [0.5, 0.6) is 0 Å². The van der Waals surface area contributed by atoms with Crippen molar-refractivity contribution in [3.05, 3.63) is 0 Å². The minimum Gasteiger partial charge on any atom is -0.481 e. The van der Waals surface area contributed by atoms with E-state index in [0.29, 0.717) is 32.1 Å². The fourth-order valence-corrected chi connectivity index (χ4v) is 12.9. The lowest BCUT2D eigenvalue weighted by Gasteiger charge is -2.62. The molecule has 5 atom stereocenters. The molecule has 12 nitrogen and oxygen atoms in total. The number of esters is 4. The van der Waals surface area contributed by atoms with Crippen molar-refractivity contribution in [1.82, 2.24) is 0 Å². The number of aliphatic hydroxyl groups is 2. The lowest BCUT2D eigenvalue weighted by molar-refractivity contribution is -0.264. The van der Waals surface area contributed by atoms with Gasteiger partial charge in [-0.05, 0) is 196 Å². The number of fused-ring (bicyclic) bond motifs is 1. The van der Waals surface area contributed by atoms with Crippen LogP contribution in [0.1, 0.15) is 219 Å². The molecule has 12 heteroatoms. The zero-order valence-corrected chi connectivity index (χ0v) is 43.5. The minimum atomic E-state index is -0.842. The Labute approximate surface area is 397 Å². The highest BCUT2D eigenvalue weighted by atomic mass is 16.6. The van der Waals surface area contributed by atoms with Crippen LogP contribution < -0.4 is 0 Å². The van der Waals surface area contributed by atoms with E-state index in [9.17, 15) is 34.2 Å². The van der Waals surface area contributed by atoms with Gasteiger partial charge in [0.15, 0.2) is 0 Å². The van der Waals surface area contributed by atoms with Crippen LogP contribution in [0.4, 0.5) is 0 Å². The lowest BCUT2D eigenvalue weighted by Crippen LogP contribution is -2.67. The lowest BCUT2D eigenvalue weighted by atomic mass is 9.46. The van der Waals surface area contributed by atoms with Crippen molar-refractivity contribution in [3.8, 4) is 0 Å². The normalized spacial score (nSPS) is 36.1. The molecule has 0 amide bonds. The van der Waals surface area contributed by atoms with Gasteiger partial charge in [0.1, 0.15) is 17.3 Å². The number of carboxylic acids is 1. The highest BCUT2D eigenvalue weighted by Gasteiger charge is 2.65. The predicted octanol–water partition coefficient (Wildman–Crippen LogP) is 10.7. The number of aliphatic carboxylic acids is 1. The van der Waals surface area contributed by atoms with Crippen LogP contribution in [0.2, 0.25) is 0 Å². The summed E-state index contributed by atoms with van der Waals surface area (Å²) in [4.78, 5) is 58.8. The number of ether oxygens (including phenoxy) is 4. The van der Waals surface area contributed by atoms with Crippen molar-refractivity contribution >= 4 is 29.8 Å². The van der Waals surface area contributed by atoms with Gasteiger partial charge < -0.3 is 34.3 Å². The topological polar surface area (TPSA) is 183 Å². The van der Waals surface area contributed by atoms with Crippen LogP contribution in [-0.2, 0) is 42.9 Å². The molecular formula is C54H90O12. The Hall–Kier alpha value is -2.73. The van der Waals surface area contributed by atoms with Gasteiger partial charge in [0.05, 0.1) is 32.9 Å². The van der Waals surface area contributed by atoms with Gasteiger partial charge in [0.2, 0.25) is 6.10 Å². The molecule has 378 valence electrons. The maximum Gasteiger partial charge on any atom is 0.348 e. The molecule has 0 aromatic carbocycles. The average molecular weight is 931 g/mol. The number of carboxylic acid groups (broad SMARTS) is 1. The Kier molecular flexibility index (Phi) is 15.8. The van der Waals surface area contributed by atoms with Crippen LogP contribution in [0, 0.1) is 56.7 Å². The summed E-state index contributed by atoms with van der Waals surface area (Å²) >= 11 is 0. The van der Waals surface area contributed by atoms with Gasteiger partial charge in [-0.2, -0.15) is 0 Å². The van der Waals surface area contributed by atoms with Crippen molar-refractivity contribution in [2.75, 3.05) is 0 Å². The molecule has 3 N–H and O–H groups in total. The Morgan fingerprint density at radius 3 is 1.48 bits per heavy atom. The highest BCUT2D eigenvalue weighted by molar-refractivity contribution is 5.83. The molecule has 10 fully saturated rings. The molecular weight excluding hydrogens is 841 g/mol. The smallest absolute Gasteiger partial charge is 0.348 e. The molecule has 1 saturated heterocycles. The van der Waals surface area contributed by atoms with E-state index < -0.39 is 45.1 Å². The predicted molar refractivity (Wildman–Crippen MR) is 252 cm³/mol. The number of rotatable bonds is 12. The highest BCUT2D eigenvalue weighted by Crippen LogP contribution is 2.65. The van der Waals surface area contributed by atoms with Gasteiger partial charge in [-0.25, -0.2) is 4.79 Å². The van der Waals surface area contributed by atoms with E-state index in [1.54, 1.807) is 13.8 Å². The summed E-state index contributed by atoms with van der Waals surface area (Å²) in [6, 6.07) is 0. The van der Waals surface area contributed by atoms with E-state index in [2.05, 4.69) is 20.8 Å². The molecule has 1 aliphatic heterocycles. The third-order valence-corrected chi connectivity index (χ3v) is 18.3. The molecule has 0 aromatic heterocycles. The molecule has 10 aliphatic rings. The second kappa shape index (κ2) is 19.2. The Bertz CT molecular complexity index is 1740. The molecule has 0 spiro atoms. The zero-order chi connectivity index (χ0) is 49.7. The SMILES string of the molecule is CCC(C)(C)C(=O)O.CCC(C)(C)C(=O)OC(C)(C)C12CC3CC(CC(C3)C1)C2.CCC(C)(C)C(=O)OC12CC3CC(O)(CC(O)(C3)C1)C2.CCC(C)(C)C(=O)OC1C(=O)OC2CCCC21. The fourth-order valence-electron chi connectivity index (χ4n) is 12.9. The second-order valence-corrected chi connectivity index (χ2v) is 25.8. The maximum atomic E-state index is 12.6. The van der Waals surface area contributed by atoms with E-state index in [1.807, 2.05) is 62.3 Å². The minimum absolute atomic E-state index is 0.00857. The molecule has 9 saturated carbocycles. The van der Waals surface area contributed by atoms with E-state index >= 15 is 0 Å². The van der Waals surface area contributed by atoms with E-state index in [-0.39, 0.29) is 58.2 Å². The largest absolute Gasteiger partial charge is 0.481 e. The summed E-state index contributed by atoms with van der Waals surface area (Å²) in [5.41, 5.74) is -4.33. The third-order valence-electron chi connectivity index (χ3n) is 18.3. The third kappa shape index (κ3) is 11.6. The molecule has 9 aliphatic carbocycles. The van der Waals surface area contributed by atoms with Crippen LogP contribution >= 0.6 is 0 Å². The molecule has 0 radical (unpaired) electrons. The van der Waals surface area contributed by atoms with Gasteiger partial charge in [-0.15, -0.1) is 0 Å².